The monoisotopic (exact) mass is 483 g/mol. The lowest BCUT2D eigenvalue weighted by molar-refractivity contribution is 0.0600. The fourth-order valence-corrected chi connectivity index (χ4v) is 2.84. The van der Waals surface area contributed by atoms with Gasteiger partial charge in [0.15, 0.2) is 0 Å². The van der Waals surface area contributed by atoms with Gasteiger partial charge in [-0.2, -0.15) is 0 Å². The Hall–Kier alpha value is -4.51. The molecule has 0 saturated heterocycles. The molecule has 172 valence electrons. The van der Waals surface area contributed by atoms with Gasteiger partial charge in [0.2, 0.25) is 5.88 Å². The molecule has 2 N–H and O–H groups in total. The number of carbonyl (C=O) groups is 2. The van der Waals surface area contributed by atoms with Crippen LogP contribution in [0.2, 0.25) is 5.02 Å². The molecule has 0 aliphatic carbocycles. The molecular weight excluding hydrogens is 469 g/mol. The minimum atomic E-state index is -0.661. The number of hydrogen-bond donors (Lipinski definition) is 2. The molecule has 2 heterocycles. The quantitative estimate of drug-likeness (QED) is 0.355. The molecule has 12 heteroatoms. The van der Waals surface area contributed by atoms with Crippen molar-refractivity contribution >= 4 is 40.9 Å². The Morgan fingerprint density at radius 1 is 1.03 bits per heavy atom. The molecule has 0 radical (unpaired) electrons. The summed E-state index contributed by atoms with van der Waals surface area (Å²) < 4.78 is 28.8. The summed E-state index contributed by atoms with van der Waals surface area (Å²) in [6, 6.07) is 13.3. The number of nitrogens with zero attached hydrogens (tertiary/aromatic N) is 3. The largest absolute Gasteiger partial charge is 0.465 e. The Balaban J connectivity index is 1.34. The summed E-state index contributed by atoms with van der Waals surface area (Å²) >= 11 is 5.73. The Bertz CT molecular complexity index is 1330. The summed E-state index contributed by atoms with van der Waals surface area (Å²) in [4.78, 5) is 28.0. The first-order chi connectivity index (χ1) is 16.4. The van der Waals surface area contributed by atoms with E-state index in [-0.39, 0.29) is 22.8 Å². The number of anilines is 3. The van der Waals surface area contributed by atoms with Crippen LogP contribution in [0.1, 0.15) is 21.0 Å². The number of methoxy groups -OCH3 is 1. The van der Waals surface area contributed by atoms with Crippen molar-refractivity contribution in [1.29, 1.82) is 0 Å². The highest BCUT2D eigenvalue weighted by molar-refractivity contribution is 6.31. The first-order valence-electron chi connectivity index (χ1n) is 9.60. The molecule has 2 aromatic carbocycles. The van der Waals surface area contributed by atoms with Crippen LogP contribution < -0.4 is 15.4 Å². The number of esters is 1. The van der Waals surface area contributed by atoms with E-state index in [0.29, 0.717) is 22.7 Å². The Kier molecular flexibility index (Phi) is 6.64. The minimum Gasteiger partial charge on any atom is -0.465 e. The minimum absolute atomic E-state index is 0.0760. The number of hydrogen-bond acceptors (Lipinski definition) is 9. The first kappa shape index (κ1) is 22.7. The molecule has 2 aromatic heterocycles. The van der Waals surface area contributed by atoms with Crippen LogP contribution in [0.5, 0.6) is 11.6 Å². The molecule has 0 aliphatic heterocycles. The molecule has 4 aromatic rings. The predicted molar refractivity (Wildman–Crippen MR) is 119 cm³/mol. The summed E-state index contributed by atoms with van der Waals surface area (Å²) in [5.41, 5.74) is 1.15. The van der Waals surface area contributed by atoms with Gasteiger partial charge in [-0.25, -0.2) is 14.2 Å². The zero-order valence-corrected chi connectivity index (χ0v) is 18.2. The van der Waals surface area contributed by atoms with Gasteiger partial charge in [-0.05, 0) is 48.5 Å². The number of aromatic nitrogens is 3. The standard InChI is InChI=1S/C22H15ClFN5O5/c1-32-21(31)12-2-6-15(7-3-12)33-18-9-5-14(11-25-18)26-19(30)20-28-29-22(34-20)27-13-4-8-17(24)16(23)10-13/h2-11H,1H3,(H,26,30)(H,27,29). The van der Waals surface area contributed by atoms with Crippen LogP contribution in [-0.4, -0.2) is 34.2 Å². The third-order valence-corrected chi connectivity index (χ3v) is 4.57. The number of benzene rings is 2. The van der Waals surface area contributed by atoms with E-state index >= 15 is 0 Å². The third kappa shape index (κ3) is 5.45. The van der Waals surface area contributed by atoms with Crippen LogP contribution >= 0.6 is 11.6 Å². The number of rotatable bonds is 7. The summed E-state index contributed by atoms with van der Waals surface area (Å²) in [6.45, 7) is 0. The Morgan fingerprint density at radius 2 is 1.79 bits per heavy atom. The number of carbonyl (C=O) groups excluding carboxylic acids is 2. The highest BCUT2D eigenvalue weighted by Gasteiger charge is 2.16. The van der Waals surface area contributed by atoms with Gasteiger partial charge in [0.25, 0.3) is 0 Å². The van der Waals surface area contributed by atoms with Gasteiger partial charge in [-0.15, -0.1) is 5.10 Å². The molecule has 0 atom stereocenters. The maximum atomic E-state index is 13.2. The van der Waals surface area contributed by atoms with E-state index in [1.54, 1.807) is 36.4 Å². The smallest absolute Gasteiger partial charge is 0.337 e. The number of halogens is 2. The molecule has 10 nitrogen and oxygen atoms in total. The highest BCUT2D eigenvalue weighted by atomic mass is 35.5. The normalized spacial score (nSPS) is 10.4. The van der Waals surface area contributed by atoms with Gasteiger partial charge >= 0.3 is 23.8 Å². The van der Waals surface area contributed by atoms with Crippen molar-refractivity contribution < 1.29 is 27.9 Å². The summed E-state index contributed by atoms with van der Waals surface area (Å²) in [7, 11) is 1.30. The molecule has 0 bridgehead atoms. The van der Waals surface area contributed by atoms with Crippen molar-refractivity contribution in [2.24, 2.45) is 0 Å². The molecule has 1 amide bonds. The SMILES string of the molecule is COC(=O)c1ccc(Oc2ccc(NC(=O)c3nnc(Nc4ccc(F)c(Cl)c4)o3)cn2)cc1. The Labute approximate surface area is 196 Å². The second kappa shape index (κ2) is 9.96. The molecule has 4 rings (SSSR count). The average molecular weight is 484 g/mol. The zero-order valence-electron chi connectivity index (χ0n) is 17.4. The summed E-state index contributed by atoms with van der Waals surface area (Å²) in [6.07, 6.45) is 1.38. The highest BCUT2D eigenvalue weighted by Crippen LogP contribution is 2.23. The summed E-state index contributed by atoms with van der Waals surface area (Å²) in [5, 5.41) is 12.6. The maximum absolute atomic E-state index is 13.2. The molecule has 0 spiro atoms. The second-order valence-corrected chi connectivity index (χ2v) is 7.03. The lowest BCUT2D eigenvalue weighted by atomic mass is 10.2. The van der Waals surface area contributed by atoms with Gasteiger partial charge in [0, 0.05) is 11.8 Å². The van der Waals surface area contributed by atoms with Crippen molar-refractivity contribution in [2.75, 3.05) is 17.7 Å². The van der Waals surface area contributed by atoms with E-state index in [9.17, 15) is 14.0 Å². The van der Waals surface area contributed by atoms with Gasteiger partial charge in [-0.3, -0.25) is 4.79 Å². The third-order valence-electron chi connectivity index (χ3n) is 4.28. The van der Waals surface area contributed by atoms with Crippen LogP contribution in [-0.2, 0) is 4.74 Å². The van der Waals surface area contributed by atoms with Crippen LogP contribution in [0.3, 0.4) is 0 Å². The molecular formula is C22H15ClFN5O5. The number of nitrogens with one attached hydrogen (secondary N) is 2. The van der Waals surface area contributed by atoms with Gasteiger partial charge in [0.1, 0.15) is 11.6 Å². The lowest BCUT2D eigenvalue weighted by Gasteiger charge is -2.07. The van der Waals surface area contributed by atoms with Crippen LogP contribution in [0.4, 0.5) is 21.8 Å². The predicted octanol–water partition coefficient (Wildman–Crippen LogP) is 4.83. The topological polar surface area (TPSA) is 128 Å². The zero-order chi connectivity index (χ0) is 24.1. The average Bonchev–Trinajstić information content (AvgIpc) is 3.31. The van der Waals surface area contributed by atoms with Gasteiger partial charge < -0.3 is 24.5 Å². The molecule has 0 unspecified atom stereocenters. The first-order valence-corrected chi connectivity index (χ1v) is 9.98. The van der Waals surface area contributed by atoms with Gasteiger partial charge in [-0.1, -0.05) is 16.7 Å². The van der Waals surface area contributed by atoms with Crippen LogP contribution in [0.25, 0.3) is 0 Å². The second-order valence-electron chi connectivity index (χ2n) is 6.62. The fraction of sp³-hybridized carbons (Fsp3) is 0.0455. The molecule has 0 saturated carbocycles. The van der Waals surface area contributed by atoms with Crippen LogP contribution in [0.15, 0.2) is 65.2 Å². The van der Waals surface area contributed by atoms with Crippen molar-refractivity contribution in [3.05, 3.63) is 83.1 Å². The molecule has 0 aliphatic rings. The van der Waals surface area contributed by atoms with E-state index in [1.807, 2.05) is 0 Å². The number of amides is 1. The van der Waals surface area contributed by atoms with Crippen molar-refractivity contribution in [3.63, 3.8) is 0 Å². The lowest BCUT2D eigenvalue weighted by Crippen LogP contribution is -2.12. The Morgan fingerprint density at radius 3 is 2.47 bits per heavy atom. The van der Waals surface area contributed by atoms with Crippen molar-refractivity contribution in [2.45, 2.75) is 0 Å². The van der Waals surface area contributed by atoms with E-state index in [1.165, 1.54) is 31.5 Å². The van der Waals surface area contributed by atoms with E-state index in [0.717, 1.165) is 0 Å². The van der Waals surface area contributed by atoms with Gasteiger partial charge in [0.05, 0.1) is 29.6 Å². The van der Waals surface area contributed by atoms with E-state index < -0.39 is 17.7 Å². The van der Waals surface area contributed by atoms with E-state index in [2.05, 4.69) is 30.6 Å². The molecule has 0 fully saturated rings. The van der Waals surface area contributed by atoms with Crippen molar-refractivity contribution in [3.8, 4) is 11.6 Å². The maximum Gasteiger partial charge on any atom is 0.337 e. The fourth-order valence-electron chi connectivity index (χ4n) is 2.66. The van der Waals surface area contributed by atoms with Crippen LogP contribution in [0, 0.1) is 5.82 Å². The van der Waals surface area contributed by atoms with Crippen molar-refractivity contribution in [1.82, 2.24) is 15.2 Å². The summed E-state index contributed by atoms with van der Waals surface area (Å²) in [5.74, 6) is -1.25. The number of pyridine rings is 1. The number of ether oxygens (including phenoxy) is 2. The van der Waals surface area contributed by atoms with E-state index in [4.69, 9.17) is 20.8 Å². The molecule has 34 heavy (non-hydrogen) atoms.